The molecule has 28 heavy (non-hydrogen) atoms. The van der Waals surface area contributed by atoms with Crippen LogP contribution in [0, 0.1) is 0 Å². The number of methoxy groups -OCH3 is 1. The minimum atomic E-state index is -0.0856. The van der Waals surface area contributed by atoms with Crippen molar-refractivity contribution in [1.82, 2.24) is 10.2 Å². The molecule has 0 radical (unpaired) electrons. The molecule has 0 aromatic heterocycles. The second-order valence-corrected chi connectivity index (χ2v) is 7.35. The van der Waals surface area contributed by atoms with E-state index in [0.717, 1.165) is 43.9 Å². The molecule has 0 saturated carbocycles. The van der Waals surface area contributed by atoms with Gasteiger partial charge in [-0.25, -0.2) is 0 Å². The van der Waals surface area contributed by atoms with Crippen LogP contribution in [0.4, 0.5) is 0 Å². The molecule has 2 aromatic rings. The van der Waals surface area contributed by atoms with Gasteiger partial charge in [-0.2, -0.15) is 0 Å². The fourth-order valence-electron chi connectivity index (χ4n) is 3.56. The van der Waals surface area contributed by atoms with Gasteiger partial charge in [0.2, 0.25) is 0 Å². The maximum absolute atomic E-state index is 12.5. The van der Waals surface area contributed by atoms with Gasteiger partial charge >= 0.3 is 0 Å². The van der Waals surface area contributed by atoms with Crippen LogP contribution in [-0.4, -0.2) is 49.8 Å². The maximum Gasteiger partial charge on any atom is 0.251 e. The summed E-state index contributed by atoms with van der Waals surface area (Å²) in [5.41, 5.74) is 1.71. The molecule has 3 rings (SSSR count). The van der Waals surface area contributed by atoms with Crippen molar-refractivity contribution in [2.75, 3.05) is 26.8 Å². The first kappa shape index (κ1) is 20.4. The van der Waals surface area contributed by atoms with Gasteiger partial charge in [0.05, 0.1) is 6.61 Å². The molecule has 1 unspecified atom stereocenters. The third-order valence-electron chi connectivity index (χ3n) is 5.20. The van der Waals surface area contributed by atoms with Crippen LogP contribution in [0.3, 0.4) is 0 Å². The summed E-state index contributed by atoms with van der Waals surface area (Å²) in [6.45, 7) is 5.48. The highest BCUT2D eigenvalue weighted by Gasteiger charge is 2.23. The Bertz CT molecular complexity index is 743. The Kier molecular flexibility index (Phi) is 7.46. The van der Waals surface area contributed by atoms with Crippen molar-refractivity contribution in [3.8, 4) is 5.75 Å². The number of carbonyl (C=O) groups excluding carboxylic acids is 1. The number of piperidine rings is 1. The summed E-state index contributed by atoms with van der Waals surface area (Å²) < 4.78 is 11.4. The lowest BCUT2D eigenvalue weighted by Gasteiger charge is -2.35. The largest absolute Gasteiger partial charge is 0.490 e. The first-order valence-corrected chi connectivity index (χ1v) is 9.97. The van der Waals surface area contributed by atoms with Gasteiger partial charge in [-0.1, -0.05) is 36.4 Å². The van der Waals surface area contributed by atoms with Crippen LogP contribution in [0.2, 0.25) is 0 Å². The molecular formula is C23H30N2O3. The minimum absolute atomic E-state index is 0.0856. The van der Waals surface area contributed by atoms with Gasteiger partial charge in [-0.3, -0.25) is 9.69 Å². The van der Waals surface area contributed by atoms with Crippen molar-refractivity contribution >= 4 is 5.91 Å². The van der Waals surface area contributed by atoms with Crippen LogP contribution >= 0.6 is 0 Å². The minimum Gasteiger partial charge on any atom is -0.490 e. The van der Waals surface area contributed by atoms with E-state index in [1.54, 1.807) is 7.11 Å². The summed E-state index contributed by atoms with van der Waals surface area (Å²) in [6.07, 6.45) is 2.16. The molecule has 5 nitrogen and oxygen atoms in total. The molecule has 1 heterocycles. The molecule has 1 N–H and O–H groups in total. The molecule has 0 bridgehead atoms. The predicted octanol–water partition coefficient (Wildman–Crippen LogP) is 3.49. The quantitative estimate of drug-likeness (QED) is 0.759. The molecule has 1 atom stereocenters. The van der Waals surface area contributed by atoms with Crippen LogP contribution in [0.25, 0.3) is 0 Å². The Morgan fingerprint density at radius 2 is 1.89 bits per heavy atom. The van der Waals surface area contributed by atoms with E-state index in [9.17, 15) is 4.79 Å². The van der Waals surface area contributed by atoms with E-state index in [-0.39, 0.29) is 12.0 Å². The molecule has 1 fully saturated rings. The maximum atomic E-state index is 12.5. The van der Waals surface area contributed by atoms with Gasteiger partial charge in [0.1, 0.15) is 11.9 Å². The van der Waals surface area contributed by atoms with Gasteiger partial charge in [-0.15, -0.1) is 0 Å². The Hall–Kier alpha value is -2.37. The van der Waals surface area contributed by atoms with E-state index in [2.05, 4.69) is 17.1 Å². The molecule has 0 spiro atoms. The number of nitrogens with zero attached hydrogens (tertiary/aromatic N) is 1. The summed E-state index contributed by atoms with van der Waals surface area (Å²) in [4.78, 5) is 14.9. The average molecular weight is 383 g/mol. The van der Waals surface area contributed by atoms with Crippen molar-refractivity contribution in [3.05, 3.63) is 65.7 Å². The van der Waals surface area contributed by atoms with Crippen LogP contribution in [0.1, 0.15) is 35.7 Å². The molecule has 1 saturated heterocycles. The van der Waals surface area contributed by atoms with E-state index in [0.29, 0.717) is 18.2 Å². The average Bonchev–Trinajstić information content (AvgIpc) is 2.73. The molecule has 1 amide bonds. The molecule has 2 aromatic carbocycles. The Morgan fingerprint density at radius 3 is 2.61 bits per heavy atom. The number of ether oxygens (including phenoxy) is 2. The second kappa shape index (κ2) is 10.2. The number of benzene rings is 2. The molecule has 0 aliphatic carbocycles. The van der Waals surface area contributed by atoms with Crippen molar-refractivity contribution in [3.63, 3.8) is 0 Å². The summed E-state index contributed by atoms with van der Waals surface area (Å²) in [5.74, 6) is 0.674. The van der Waals surface area contributed by atoms with Crippen molar-refractivity contribution in [2.45, 2.75) is 38.5 Å². The second-order valence-electron chi connectivity index (χ2n) is 7.35. The highest BCUT2D eigenvalue weighted by Crippen LogP contribution is 2.21. The molecule has 5 heteroatoms. The number of hydrogen-bond donors (Lipinski definition) is 1. The number of nitrogens with one attached hydrogen (secondary N) is 1. The first-order valence-electron chi connectivity index (χ1n) is 9.97. The van der Waals surface area contributed by atoms with Gasteiger partial charge < -0.3 is 14.8 Å². The molecule has 1 aliphatic rings. The Labute approximate surface area is 167 Å². The van der Waals surface area contributed by atoms with Crippen LogP contribution in [0.5, 0.6) is 5.75 Å². The third-order valence-corrected chi connectivity index (χ3v) is 5.20. The van der Waals surface area contributed by atoms with Crippen LogP contribution < -0.4 is 10.1 Å². The smallest absolute Gasteiger partial charge is 0.251 e. The number of carbonyl (C=O) groups is 1. The van der Waals surface area contributed by atoms with Gasteiger partial charge in [0.25, 0.3) is 5.91 Å². The predicted molar refractivity (Wildman–Crippen MR) is 111 cm³/mol. The van der Waals surface area contributed by atoms with Gasteiger partial charge in [-0.05, 0) is 43.5 Å². The number of hydrogen-bond acceptors (Lipinski definition) is 4. The lowest BCUT2D eigenvalue weighted by molar-refractivity contribution is 0.0474. The SMILES string of the molecule is COCC(C)N1CCC(Oc2cccc(C(=O)NCc3ccccc3)c2)CC1. The third kappa shape index (κ3) is 5.81. The van der Waals surface area contributed by atoms with Crippen LogP contribution in [0.15, 0.2) is 54.6 Å². The summed E-state index contributed by atoms with van der Waals surface area (Å²) in [6, 6.07) is 17.8. The van der Waals surface area contributed by atoms with E-state index in [1.807, 2.05) is 54.6 Å². The number of likely N-dealkylation sites (tertiary alicyclic amines) is 1. The van der Waals surface area contributed by atoms with Gasteiger partial charge in [0.15, 0.2) is 0 Å². The molecular weight excluding hydrogens is 352 g/mol. The van der Waals surface area contributed by atoms with Gasteiger partial charge in [0, 0.05) is 38.3 Å². The highest BCUT2D eigenvalue weighted by atomic mass is 16.5. The zero-order valence-electron chi connectivity index (χ0n) is 16.8. The van der Waals surface area contributed by atoms with Crippen LogP contribution in [-0.2, 0) is 11.3 Å². The van der Waals surface area contributed by atoms with Crippen molar-refractivity contribution in [2.24, 2.45) is 0 Å². The Morgan fingerprint density at radius 1 is 1.14 bits per heavy atom. The lowest BCUT2D eigenvalue weighted by Crippen LogP contribution is -2.44. The normalized spacial score (nSPS) is 16.5. The van der Waals surface area contributed by atoms with E-state index < -0.39 is 0 Å². The van der Waals surface area contributed by atoms with Crippen molar-refractivity contribution in [1.29, 1.82) is 0 Å². The summed E-state index contributed by atoms with van der Waals surface area (Å²) in [5, 5.41) is 2.96. The summed E-state index contributed by atoms with van der Waals surface area (Å²) >= 11 is 0. The topological polar surface area (TPSA) is 50.8 Å². The standard InChI is InChI=1S/C23H30N2O3/c1-18(17-27-2)25-13-11-21(12-14-25)28-22-10-6-9-20(15-22)23(26)24-16-19-7-4-3-5-8-19/h3-10,15,18,21H,11-14,16-17H2,1-2H3,(H,24,26). The number of rotatable bonds is 8. The number of amides is 1. The Balaban J connectivity index is 1.50. The zero-order valence-corrected chi connectivity index (χ0v) is 16.8. The first-order chi connectivity index (χ1) is 13.7. The van der Waals surface area contributed by atoms with E-state index >= 15 is 0 Å². The fourth-order valence-corrected chi connectivity index (χ4v) is 3.56. The van der Waals surface area contributed by atoms with E-state index in [1.165, 1.54) is 0 Å². The summed E-state index contributed by atoms with van der Waals surface area (Å²) in [7, 11) is 1.75. The highest BCUT2D eigenvalue weighted by molar-refractivity contribution is 5.94. The zero-order chi connectivity index (χ0) is 19.8. The molecule has 150 valence electrons. The lowest BCUT2D eigenvalue weighted by atomic mass is 10.1. The van der Waals surface area contributed by atoms with Crippen molar-refractivity contribution < 1.29 is 14.3 Å². The fraction of sp³-hybridized carbons (Fsp3) is 0.435. The van der Waals surface area contributed by atoms with E-state index in [4.69, 9.17) is 9.47 Å². The monoisotopic (exact) mass is 382 g/mol. The molecule has 1 aliphatic heterocycles.